The van der Waals surface area contributed by atoms with Gasteiger partial charge in [0, 0.05) is 50.0 Å². The molecule has 14 nitrogen and oxygen atoms in total. The summed E-state index contributed by atoms with van der Waals surface area (Å²) in [6.45, 7) is 11.3. The average molecular weight is 882 g/mol. The SMILES string of the molecule is Cc1ncsc1-c1ccc([C@H](C)NC(=O)[C@@H]2C[C@@H](O)CN2C(=O)[C@@H](NC(=O)CCCCNC(=O)COc2c(-c3csc(N4CCOCC4)n3)ccc(F)c2F)C(C)(C)C)cc1. The Labute approximate surface area is 362 Å². The molecule has 0 unspecified atom stereocenters. The van der Waals surface area contributed by atoms with E-state index in [1.807, 2.05) is 63.8 Å². The van der Waals surface area contributed by atoms with Crippen LogP contribution in [0.5, 0.6) is 5.75 Å². The highest BCUT2D eigenvalue weighted by molar-refractivity contribution is 7.14. The van der Waals surface area contributed by atoms with Gasteiger partial charge in [0.15, 0.2) is 23.3 Å². The lowest BCUT2D eigenvalue weighted by molar-refractivity contribution is -0.144. The van der Waals surface area contributed by atoms with Crippen LogP contribution in [0.3, 0.4) is 0 Å². The van der Waals surface area contributed by atoms with Gasteiger partial charge in [0.05, 0.1) is 47.1 Å². The average Bonchev–Trinajstić information content (AvgIpc) is 4.00. The number of aliphatic hydroxyl groups excluding tert-OH is 1. The summed E-state index contributed by atoms with van der Waals surface area (Å²) in [4.78, 5) is 66.9. The number of hydrogen-bond acceptors (Lipinski definition) is 12. The highest BCUT2D eigenvalue weighted by atomic mass is 32.1. The van der Waals surface area contributed by atoms with Crippen molar-refractivity contribution in [3.8, 4) is 27.4 Å². The number of aromatic nitrogens is 2. The Morgan fingerprint density at radius 2 is 1.75 bits per heavy atom. The Kier molecular flexibility index (Phi) is 15.1. The second-order valence-corrected chi connectivity index (χ2v) is 18.0. The Hall–Kier alpha value is -5.04. The number of rotatable bonds is 16. The van der Waals surface area contributed by atoms with Crippen molar-refractivity contribution in [3.63, 3.8) is 0 Å². The minimum atomic E-state index is -1.22. The number of carbonyl (C=O) groups is 4. The number of thiazole rings is 2. The summed E-state index contributed by atoms with van der Waals surface area (Å²) in [6.07, 6.45) is -0.0181. The van der Waals surface area contributed by atoms with Crippen LogP contribution < -0.4 is 25.6 Å². The number of halogens is 2. The third kappa shape index (κ3) is 11.5. The fraction of sp³-hybridized carbons (Fsp3) is 0.488. The van der Waals surface area contributed by atoms with Gasteiger partial charge in [0.2, 0.25) is 23.5 Å². The molecule has 61 heavy (non-hydrogen) atoms. The molecule has 2 fully saturated rings. The van der Waals surface area contributed by atoms with Crippen LogP contribution >= 0.6 is 22.7 Å². The van der Waals surface area contributed by atoms with E-state index < -0.39 is 65.3 Å². The number of hydrogen-bond donors (Lipinski definition) is 4. The number of β-amino-alcohol motifs (C(OH)–C–C–N with tert-alkyl or cyclic N) is 1. The van der Waals surface area contributed by atoms with Gasteiger partial charge in [-0.25, -0.2) is 14.4 Å². The van der Waals surface area contributed by atoms with E-state index in [2.05, 4.69) is 25.9 Å². The molecule has 0 spiro atoms. The zero-order chi connectivity index (χ0) is 43.8. The largest absolute Gasteiger partial charge is 0.480 e. The zero-order valence-corrected chi connectivity index (χ0v) is 36.6. The molecule has 6 rings (SSSR count). The normalized spacial score (nSPS) is 17.8. The van der Waals surface area contributed by atoms with Crippen LogP contribution in [0.25, 0.3) is 21.7 Å². The van der Waals surface area contributed by atoms with Crippen LogP contribution in [-0.4, -0.2) is 108 Å². The summed E-state index contributed by atoms with van der Waals surface area (Å²) < 4.78 is 40.1. The molecule has 4 atom stereocenters. The quantitative estimate of drug-likeness (QED) is 0.107. The van der Waals surface area contributed by atoms with Crippen LogP contribution in [0.2, 0.25) is 0 Å². The summed E-state index contributed by atoms with van der Waals surface area (Å²) in [5.74, 6) is -4.57. The monoisotopic (exact) mass is 881 g/mol. The van der Waals surface area contributed by atoms with Gasteiger partial charge in [-0.1, -0.05) is 45.0 Å². The summed E-state index contributed by atoms with van der Waals surface area (Å²) in [5, 5.41) is 21.6. The van der Waals surface area contributed by atoms with Crippen LogP contribution in [0.1, 0.15) is 70.7 Å². The topological polar surface area (TPSA) is 175 Å². The molecule has 0 radical (unpaired) electrons. The number of morpholine rings is 1. The molecule has 4 aromatic rings. The van der Waals surface area contributed by atoms with Crippen LogP contribution in [0.15, 0.2) is 47.3 Å². The molecule has 4 amide bonds. The van der Waals surface area contributed by atoms with Crippen molar-refractivity contribution >= 4 is 51.4 Å². The van der Waals surface area contributed by atoms with E-state index in [1.54, 1.807) is 22.2 Å². The fourth-order valence-electron chi connectivity index (χ4n) is 7.24. The number of aryl methyl sites for hydroxylation is 1. The molecular formula is C43H53F2N7O7S2. The minimum absolute atomic E-state index is 0.0477. The molecular weight excluding hydrogens is 829 g/mol. The van der Waals surface area contributed by atoms with Crippen molar-refractivity contribution in [3.05, 3.63) is 70.2 Å². The van der Waals surface area contributed by atoms with Crippen molar-refractivity contribution in [2.24, 2.45) is 5.41 Å². The standard InChI is InChI=1S/C43H53F2N7O7S2/c1-25(27-9-11-28(12-10-27)38-26(2)47-24-61-38)48-40(56)33-20-29(53)21-52(33)41(57)39(43(3,4)5)50-34(54)8-6-7-15-46-35(55)22-59-37-30(13-14-31(44)36(37)45)32-23-60-42(49-32)51-16-18-58-19-17-51/h9-14,23-25,29,33,39,53H,6-8,15-22H2,1-5H3,(H,46,55)(H,48,56)(H,50,54)/t25-,29+,33-,39+/m0/s1. The van der Waals surface area contributed by atoms with Gasteiger partial charge < -0.3 is 40.3 Å². The van der Waals surface area contributed by atoms with Crippen LogP contribution in [0, 0.1) is 24.0 Å². The number of unbranched alkanes of at least 4 members (excludes halogenated alkanes) is 1. The smallest absolute Gasteiger partial charge is 0.257 e. The molecule has 0 aliphatic carbocycles. The van der Waals surface area contributed by atoms with E-state index in [0.717, 1.165) is 27.8 Å². The van der Waals surface area contributed by atoms with E-state index >= 15 is 0 Å². The number of carbonyl (C=O) groups excluding carboxylic acids is 4. The molecule has 2 saturated heterocycles. The molecule has 0 bridgehead atoms. The van der Waals surface area contributed by atoms with Crippen molar-refractivity contribution in [2.45, 2.75) is 84.5 Å². The number of ether oxygens (including phenoxy) is 2. The number of benzene rings is 2. The summed E-state index contributed by atoms with van der Waals surface area (Å²) in [7, 11) is 0. The lowest BCUT2D eigenvalue weighted by atomic mass is 9.85. The third-order valence-electron chi connectivity index (χ3n) is 10.7. The van der Waals surface area contributed by atoms with Gasteiger partial charge in [-0.15, -0.1) is 22.7 Å². The van der Waals surface area contributed by atoms with E-state index in [0.29, 0.717) is 50.0 Å². The Morgan fingerprint density at radius 3 is 2.44 bits per heavy atom. The molecule has 4 N–H and O–H groups in total. The predicted octanol–water partition coefficient (Wildman–Crippen LogP) is 5.39. The lowest BCUT2D eigenvalue weighted by Gasteiger charge is -2.35. The molecule has 2 aliphatic rings. The number of nitrogens with one attached hydrogen (secondary N) is 3. The van der Waals surface area contributed by atoms with Gasteiger partial charge in [-0.2, -0.15) is 4.39 Å². The predicted molar refractivity (Wildman–Crippen MR) is 229 cm³/mol. The van der Waals surface area contributed by atoms with Gasteiger partial charge in [-0.3, -0.25) is 19.2 Å². The maximum Gasteiger partial charge on any atom is 0.257 e. The van der Waals surface area contributed by atoms with Crippen molar-refractivity contribution in [2.75, 3.05) is 50.9 Å². The molecule has 2 aromatic heterocycles. The molecule has 18 heteroatoms. The minimum Gasteiger partial charge on any atom is -0.480 e. The van der Waals surface area contributed by atoms with E-state index in [-0.39, 0.29) is 43.4 Å². The Balaban J connectivity index is 0.963. The van der Waals surface area contributed by atoms with Gasteiger partial charge >= 0.3 is 0 Å². The number of aliphatic hydroxyl groups is 1. The Bertz CT molecular complexity index is 2170. The number of amides is 4. The molecule has 2 aromatic carbocycles. The number of nitrogens with zero attached hydrogens (tertiary/aromatic N) is 4. The molecule has 328 valence electrons. The first kappa shape index (κ1) is 45.5. The Morgan fingerprint density at radius 1 is 1.02 bits per heavy atom. The first-order chi connectivity index (χ1) is 29.1. The van der Waals surface area contributed by atoms with Crippen molar-refractivity contribution in [1.29, 1.82) is 0 Å². The van der Waals surface area contributed by atoms with Gasteiger partial charge in [-0.05, 0) is 55.4 Å². The fourth-order valence-corrected chi connectivity index (χ4v) is 8.93. The van der Waals surface area contributed by atoms with E-state index in [9.17, 15) is 33.1 Å². The van der Waals surface area contributed by atoms with Crippen LogP contribution in [0.4, 0.5) is 13.9 Å². The molecule has 0 saturated carbocycles. The van der Waals surface area contributed by atoms with E-state index in [1.165, 1.54) is 22.3 Å². The molecule has 4 heterocycles. The maximum atomic E-state index is 14.9. The number of anilines is 1. The first-order valence-corrected chi connectivity index (χ1v) is 22.1. The third-order valence-corrected chi connectivity index (χ3v) is 12.5. The highest BCUT2D eigenvalue weighted by Crippen LogP contribution is 2.37. The molecule has 2 aliphatic heterocycles. The maximum absolute atomic E-state index is 14.9. The van der Waals surface area contributed by atoms with Gasteiger partial charge in [0.1, 0.15) is 12.1 Å². The second kappa shape index (κ2) is 20.2. The summed E-state index contributed by atoms with van der Waals surface area (Å²) in [6, 6.07) is 7.92. The lowest BCUT2D eigenvalue weighted by Crippen LogP contribution is -2.57. The highest BCUT2D eigenvalue weighted by Gasteiger charge is 2.44. The first-order valence-electron chi connectivity index (χ1n) is 20.4. The van der Waals surface area contributed by atoms with Crippen molar-refractivity contribution < 1.29 is 42.5 Å². The second-order valence-electron chi connectivity index (χ2n) is 16.3. The van der Waals surface area contributed by atoms with Gasteiger partial charge in [0.25, 0.3) is 5.91 Å². The zero-order valence-electron chi connectivity index (χ0n) is 35.0. The van der Waals surface area contributed by atoms with Crippen LogP contribution in [-0.2, 0) is 23.9 Å². The summed E-state index contributed by atoms with van der Waals surface area (Å²) in [5.41, 5.74) is 4.54. The van der Waals surface area contributed by atoms with E-state index in [4.69, 9.17) is 9.47 Å². The summed E-state index contributed by atoms with van der Waals surface area (Å²) >= 11 is 2.92. The van der Waals surface area contributed by atoms with Crippen molar-refractivity contribution in [1.82, 2.24) is 30.8 Å². The number of likely N-dealkylation sites (tertiary alicyclic amines) is 1.